The third-order valence-electron chi connectivity index (χ3n) is 4.80. The lowest BCUT2D eigenvalue weighted by molar-refractivity contribution is 0.0857. The quantitative estimate of drug-likeness (QED) is 0.736. The molecule has 0 saturated carbocycles. The molecular formula is C22H26N2O4. The molecule has 0 aliphatic carbocycles. The molecule has 1 saturated heterocycles. The maximum atomic E-state index is 12.3. The minimum absolute atomic E-state index is 0.109. The minimum Gasteiger partial charge on any atom is -0.496 e. The highest BCUT2D eigenvalue weighted by Crippen LogP contribution is 2.17. The maximum Gasteiger partial charge on any atom is 0.251 e. The number of rotatable bonds is 8. The number of carbonyl (C=O) groups is 2. The van der Waals surface area contributed by atoms with Crippen LogP contribution in [0.4, 0.5) is 0 Å². The summed E-state index contributed by atoms with van der Waals surface area (Å²) in [5, 5.41) is 5.77. The molecule has 3 rings (SSSR count). The fraction of sp³-hybridized carbons (Fsp3) is 0.364. The van der Waals surface area contributed by atoms with Crippen LogP contribution in [-0.2, 0) is 11.2 Å². The van der Waals surface area contributed by atoms with Crippen molar-refractivity contribution in [1.29, 1.82) is 0 Å². The Bertz CT molecular complexity index is 798. The van der Waals surface area contributed by atoms with Gasteiger partial charge in [-0.3, -0.25) is 9.59 Å². The van der Waals surface area contributed by atoms with Crippen molar-refractivity contribution in [2.24, 2.45) is 0 Å². The first kappa shape index (κ1) is 19.9. The Morgan fingerprint density at radius 3 is 2.36 bits per heavy atom. The number of benzene rings is 2. The molecule has 0 aromatic heterocycles. The third-order valence-corrected chi connectivity index (χ3v) is 4.80. The lowest BCUT2D eigenvalue weighted by Crippen LogP contribution is -2.31. The zero-order chi connectivity index (χ0) is 19.8. The van der Waals surface area contributed by atoms with Gasteiger partial charge in [-0.15, -0.1) is 0 Å². The first-order valence-corrected chi connectivity index (χ1v) is 9.57. The third kappa shape index (κ3) is 5.33. The van der Waals surface area contributed by atoms with Gasteiger partial charge in [0.15, 0.2) is 0 Å². The lowest BCUT2D eigenvalue weighted by Gasteiger charge is -2.11. The van der Waals surface area contributed by atoms with E-state index in [9.17, 15) is 9.59 Å². The average Bonchev–Trinajstić information content (AvgIpc) is 3.26. The Hall–Kier alpha value is -2.86. The Balaban J connectivity index is 1.47. The number of hydrogen-bond donors (Lipinski definition) is 2. The van der Waals surface area contributed by atoms with E-state index in [4.69, 9.17) is 9.47 Å². The fourth-order valence-electron chi connectivity index (χ4n) is 3.21. The van der Waals surface area contributed by atoms with Crippen molar-refractivity contribution in [1.82, 2.24) is 10.6 Å². The van der Waals surface area contributed by atoms with Gasteiger partial charge in [0.2, 0.25) is 0 Å². The van der Waals surface area contributed by atoms with E-state index in [1.54, 1.807) is 31.4 Å². The average molecular weight is 382 g/mol. The smallest absolute Gasteiger partial charge is 0.251 e. The molecule has 148 valence electrons. The van der Waals surface area contributed by atoms with Gasteiger partial charge in [0.25, 0.3) is 11.8 Å². The SMILES string of the molecule is COc1ccccc1CCNC(=O)c1ccc(C(=O)NCC2CCCO2)cc1. The monoisotopic (exact) mass is 382 g/mol. The number of carbonyl (C=O) groups excluding carboxylic acids is 2. The topological polar surface area (TPSA) is 76.7 Å². The highest BCUT2D eigenvalue weighted by atomic mass is 16.5. The molecule has 28 heavy (non-hydrogen) atoms. The highest BCUT2D eigenvalue weighted by molar-refractivity contribution is 5.97. The summed E-state index contributed by atoms with van der Waals surface area (Å²) >= 11 is 0. The minimum atomic E-state index is -0.166. The van der Waals surface area contributed by atoms with Crippen molar-refractivity contribution in [2.45, 2.75) is 25.4 Å². The van der Waals surface area contributed by atoms with Gasteiger partial charge in [0.05, 0.1) is 13.2 Å². The molecule has 0 bridgehead atoms. The van der Waals surface area contributed by atoms with Crippen LogP contribution in [0.25, 0.3) is 0 Å². The summed E-state index contributed by atoms with van der Waals surface area (Å²) in [4.78, 5) is 24.5. The van der Waals surface area contributed by atoms with Gasteiger partial charge >= 0.3 is 0 Å². The van der Waals surface area contributed by atoms with E-state index in [0.29, 0.717) is 30.6 Å². The number of para-hydroxylation sites is 1. The Labute approximate surface area is 165 Å². The van der Waals surface area contributed by atoms with Crippen LogP contribution in [0, 0.1) is 0 Å². The number of ether oxygens (including phenoxy) is 2. The summed E-state index contributed by atoms with van der Waals surface area (Å²) in [6.07, 6.45) is 2.81. The van der Waals surface area contributed by atoms with Crippen molar-refractivity contribution in [3.8, 4) is 5.75 Å². The maximum absolute atomic E-state index is 12.3. The second-order valence-corrected chi connectivity index (χ2v) is 6.74. The van der Waals surface area contributed by atoms with Crippen LogP contribution in [0.3, 0.4) is 0 Å². The summed E-state index contributed by atoms with van der Waals surface area (Å²) < 4.78 is 10.8. The number of amides is 2. The summed E-state index contributed by atoms with van der Waals surface area (Å²) in [7, 11) is 1.63. The Morgan fingerprint density at radius 1 is 1.04 bits per heavy atom. The van der Waals surface area contributed by atoms with Gasteiger partial charge in [-0.25, -0.2) is 0 Å². The molecule has 1 fully saturated rings. The molecule has 1 atom stereocenters. The van der Waals surface area contributed by atoms with Crippen LogP contribution in [-0.4, -0.2) is 44.7 Å². The molecule has 2 aromatic rings. The van der Waals surface area contributed by atoms with Crippen LogP contribution in [0.15, 0.2) is 48.5 Å². The van der Waals surface area contributed by atoms with Crippen LogP contribution < -0.4 is 15.4 Å². The molecule has 1 unspecified atom stereocenters. The second kappa shape index (κ2) is 9.90. The van der Waals surface area contributed by atoms with E-state index < -0.39 is 0 Å². The first-order chi connectivity index (χ1) is 13.7. The Morgan fingerprint density at radius 2 is 1.71 bits per heavy atom. The van der Waals surface area contributed by atoms with Crippen LogP contribution in [0.5, 0.6) is 5.75 Å². The van der Waals surface area contributed by atoms with Gasteiger partial charge in [0, 0.05) is 30.8 Å². The van der Waals surface area contributed by atoms with Gasteiger partial charge < -0.3 is 20.1 Å². The second-order valence-electron chi connectivity index (χ2n) is 6.74. The van der Waals surface area contributed by atoms with Crippen molar-refractivity contribution < 1.29 is 19.1 Å². The number of nitrogens with one attached hydrogen (secondary N) is 2. The molecule has 2 amide bonds. The molecule has 1 aliphatic rings. The number of hydrogen-bond acceptors (Lipinski definition) is 4. The van der Waals surface area contributed by atoms with E-state index in [0.717, 1.165) is 30.8 Å². The summed E-state index contributed by atoms with van der Waals surface area (Å²) in [6, 6.07) is 14.4. The van der Waals surface area contributed by atoms with Crippen molar-refractivity contribution in [3.05, 3.63) is 65.2 Å². The first-order valence-electron chi connectivity index (χ1n) is 9.57. The van der Waals surface area contributed by atoms with Gasteiger partial charge in [0.1, 0.15) is 5.75 Å². The molecule has 6 heteroatoms. The lowest BCUT2D eigenvalue weighted by atomic mass is 10.1. The van der Waals surface area contributed by atoms with E-state index in [2.05, 4.69) is 10.6 Å². The van der Waals surface area contributed by atoms with Crippen molar-refractivity contribution >= 4 is 11.8 Å². The van der Waals surface area contributed by atoms with Gasteiger partial charge in [-0.2, -0.15) is 0 Å². The van der Waals surface area contributed by atoms with E-state index in [1.807, 2.05) is 24.3 Å². The predicted octanol–water partition coefficient (Wildman–Crippen LogP) is 2.58. The summed E-state index contributed by atoms with van der Waals surface area (Å²) in [5.41, 5.74) is 2.10. The summed E-state index contributed by atoms with van der Waals surface area (Å²) in [5.74, 6) is 0.495. The summed E-state index contributed by atoms with van der Waals surface area (Å²) in [6.45, 7) is 1.79. The normalized spacial score (nSPS) is 15.8. The van der Waals surface area contributed by atoms with E-state index >= 15 is 0 Å². The zero-order valence-electron chi connectivity index (χ0n) is 16.1. The van der Waals surface area contributed by atoms with E-state index in [1.165, 1.54) is 0 Å². The van der Waals surface area contributed by atoms with E-state index in [-0.39, 0.29) is 17.9 Å². The van der Waals surface area contributed by atoms with Gasteiger partial charge in [-0.05, 0) is 55.2 Å². The Kier molecular flexibility index (Phi) is 7.03. The number of methoxy groups -OCH3 is 1. The van der Waals surface area contributed by atoms with Gasteiger partial charge in [-0.1, -0.05) is 18.2 Å². The van der Waals surface area contributed by atoms with Crippen LogP contribution in [0.1, 0.15) is 39.1 Å². The fourth-order valence-corrected chi connectivity index (χ4v) is 3.21. The predicted molar refractivity (Wildman–Crippen MR) is 107 cm³/mol. The van der Waals surface area contributed by atoms with Crippen molar-refractivity contribution in [2.75, 3.05) is 26.8 Å². The highest BCUT2D eigenvalue weighted by Gasteiger charge is 2.17. The zero-order valence-corrected chi connectivity index (χ0v) is 16.1. The molecule has 0 radical (unpaired) electrons. The largest absolute Gasteiger partial charge is 0.496 e. The molecular weight excluding hydrogens is 356 g/mol. The molecule has 6 nitrogen and oxygen atoms in total. The van der Waals surface area contributed by atoms with Crippen LogP contribution >= 0.6 is 0 Å². The standard InChI is InChI=1S/C22H26N2O4/c1-27-20-7-3-2-5-16(20)12-13-23-21(25)17-8-10-18(11-9-17)22(26)24-15-19-6-4-14-28-19/h2-3,5,7-11,19H,4,6,12-15H2,1H3,(H,23,25)(H,24,26). The molecule has 0 spiro atoms. The van der Waals surface area contributed by atoms with Crippen molar-refractivity contribution in [3.63, 3.8) is 0 Å². The molecule has 2 N–H and O–H groups in total. The molecule has 2 aromatic carbocycles. The molecule has 1 aliphatic heterocycles. The molecule has 1 heterocycles. The van der Waals surface area contributed by atoms with Crippen LogP contribution in [0.2, 0.25) is 0 Å².